The Morgan fingerprint density at radius 2 is 2.00 bits per heavy atom. The molecular formula is C17H18N4. The zero-order valence-electron chi connectivity index (χ0n) is 12.2. The second-order valence-corrected chi connectivity index (χ2v) is 5.09. The number of hydrogen-bond donors (Lipinski definition) is 1. The van der Waals surface area contributed by atoms with E-state index in [1.165, 1.54) is 11.1 Å². The fraction of sp³-hybridized carbons (Fsp3) is 0.176. The molecule has 0 aliphatic carbocycles. The minimum Gasteiger partial charge on any atom is -0.380 e. The number of rotatable bonds is 4. The van der Waals surface area contributed by atoms with Crippen LogP contribution >= 0.6 is 0 Å². The van der Waals surface area contributed by atoms with Crippen molar-refractivity contribution < 1.29 is 0 Å². The van der Waals surface area contributed by atoms with E-state index in [2.05, 4.69) is 46.5 Å². The topological polar surface area (TPSA) is 42.7 Å². The zero-order valence-corrected chi connectivity index (χ0v) is 12.2. The van der Waals surface area contributed by atoms with E-state index in [0.29, 0.717) is 0 Å². The third-order valence-electron chi connectivity index (χ3n) is 3.40. The van der Waals surface area contributed by atoms with Gasteiger partial charge in [0.05, 0.1) is 11.9 Å². The number of nitrogens with zero attached hydrogens (tertiary/aromatic N) is 3. The Hall–Kier alpha value is -2.62. The molecule has 0 bridgehead atoms. The SMILES string of the molecule is Cc1cccc(CNc2ccc(-n3ccnc3C)nc2)c1. The average molecular weight is 278 g/mol. The molecule has 2 aromatic heterocycles. The van der Waals surface area contributed by atoms with Crippen molar-refractivity contribution >= 4 is 5.69 Å². The molecule has 0 saturated carbocycles. The van der Waals surface area contributed by atoms with Crippen molar-refractivity contribution in [2.45, 2.75) is 20.4 Å². The molecule has 0 fully saturated rings. The molecule has 21 heavy (non-hydrogen) atoms. The Morgan fingerprint density at radius 1 is 1.10 bits per heavy atom. The maximum atomic E-state index is 4.47. The van der Waals surface area contributed by atoms with Crippen molar-refractivity contribution in [1.82, 2.24) is 14.5 Å². The molecule has 0 amide bonds. The highest BCUT2D eigenvalue weighted by Crippen LogP contribution is 2.13. The highest BCUT2D eigenvalue weighted by atomic mass is 15.1. The number of aromatic nitrogens is 3. The number of anilines is 1. The molecule has 0 unspecified atom stereocenters. The van der Waals surface area contributed by atoms with Crippen LogP contribution in [0.25, 0.3) is 5.82 Å². The summed E-state index contributed by atoms with van der Waals surface area (Å²) in [7, 11) is 0. The van der Waals surface area contributed by atoms with Crippen molar-refractivity contribution in [2.75, 3.05) is 5.32 Å². The van der Waals surface area contributed by atoms with Crippen LogP contribution < -0.4 is 5.32 Å². The highest BCUT2D eigenvalue weighted by Gasteiger charge is 2.02. The maximum Gasteiger partial charge on any atom is 0.138 e. The number of pyridine rings is 1. The summed E-state index contributed by atoms with van der Waals surface area (Å²) in [5.74, 6) is 1.81. The average Bonchev–Trinajstić information content (AvgIpc) is 2.92. The van der Waals surface area contributed by atoms with Crippen molar-refractivity contribution in [3.05, 3.63) is 71.9 Å². The minimum absolute atomic E-state index is 0.798. The summed E-state index contributed by atoms with van der Waals surface area (Å²) in [6.07, 6.45) is 5.54. The molecule has 106 valence electrons. The third-order valence-corrected chi connectivity index (χ3v) is 3.40. The molecule has 4 nitrogen and oxygen atoms in total. The molecular weight excluding hydrogens is 260 g/mol. The summed E-state index contributed by atoms with van der Waals surface area (Å²) >= 11 is 0. The van der Waals surface area contributed by atoms with E-state index in [9.17, 15) is 0 Å². The van der Waals surface area contributed by atoms with Crippen LogP contribution in [-0.2, 0) is 6.54 Å². The van der Waals surface area contributed by atoms with Gasteiger partial charge < -0.3 is 5.32 Å². The van der Waals surface area contributed by atoms with Gasteiger partial charge in [-0.05, 0) is 31.5 Å². The first-order chi connectivity index (χ1) is 10.2. The van der Waals surface area contributed by atoms with E-state index in [1.807, 2.05) is 36.0 Å². The molecule has 2 heterocycles. The van der Waals surface area contributed by atoms with E-state index >= 15 is 0 Å². The lowest BCUT2D eigenvalue weighted by atomic mass is 10.1. The molecule has 4 heteroatoms. The first-order valence-corrected chi connectivity index (χ1v) is 6.98. The Kier molecular flexibility index (Phi) is 3.69. The second-order valence-electron chi connectivity index (χ2n) is 5.09. The smallest absolute Gasteiger partial charge is 0.138 e. The highest BCUT2D eigenvalue weighted by molar-refractivity contribution is 5.44. The Morgan fingerprint density at radius 3 is 2.67 bits per heavy atom. The maximum absolute atomic E-state index is 4.47. The number of aryl methyl sites for hydroxylation is 2. The fourth-order valence-corrected chi connectivity index (χ4v) is 2.28. The van der Waals surface area contributed by atoms with E-state index in [0.717, 1.165) is 23.9 Å². The molecule has 0 saturated heterocycles. The number of nitrogens with one attached hydrogen (secondary N) is 1. The van der Waals surface area contributed by atoms with Crippen LogP contribution in [0.15, 0.2) is 55.0 Å². The van der Waals surface area contributed by atoms with Crippen LogP contribution in [0.2, 0.25) is 0 Å². The summed E-state index contributed by atoms with van der Waals surface area (Å²) in [5, 5.41) is 3.39. The fourth-order valence-electron chi connectivity index (χ4n) is 2.28. The monoisotopic (exact) mass is 278 g/mol. The molecule has 0 atom stereocenters. The predicted octanol–water partition coefficient (Wildman–Crippen LogP) is 3.50. The van der Waals surface area contributed by atoms with Gasteiger partial charge in [0.15, 0.2) is 0 Å². The van der Waals surface area contributed by atoms with E-state index in [1.54, 1.807) is 6.20 Å². The first kappa shape index (κ1) is 13.4. The summed E-state index contributed by atoms with van der Waals surface area (Å²) in [6.45, 7) is 4.87. The molecule has 1 aromatic carbocycles. The van der Waals surface area contributed by atoms with Gasteiger partial charge in [0, 0.05) is 18.9 Å². The number of hydrogen-bond acceptors (Lipinski definition) is 3. The molecule has 0 radical (unpaired) electrons. The molecule has 3 rings (SSSR count). The van der Waals surface area contributed by atoms with E-state index in [4.69, 9.17) is 0 Å². The molecule has 0 aliphatic rings. The lowest BCUT2D eigenvalue weighted by molar-refractivity contribution is 0.932. The van der Waals surface area contributed by atoms with Gasteiger partial charge in [-0.25, -0.2) is 9.97 Å². The van der Waals surface area contributed by atoms with Gasteiger partial charge in [0.25, 0.3) is 0 Å². The molecule has 1 N–H and O–H groups in total. The standard InChI is InChI=1S/C17H18N4/c1-13-4-3-5-15(10-13)11-19-16-6-7-17(20-12-16)21-9-8-18-14(21)2/h3-10,12,19H,11H2,1-2H3. The van der Waals surface area contributed by atoms with Crippen LogP contribution in [0.4, 0.5) is 5.69 Å². The molecule has 0 spiro atoms. The first-order valence-electron chi connectivity index (χ1n) is 6.98. The molecule has 3 aromatic rings. The van der Waals surface area contributed by atoms with Crippen molar-refractivity contribution in [3.8, 4) is 5.82 Å². The third kappa shape index (κ3) is 3.11. The minimum atomic E-state index is 0.798. The van der Waals surface area contributed by atoms with Gasteiger partial charge in [-0.1, -0.05) is 29.8 Å². The van der Waals surface area contributed by atoms with Gasteiger partial charge in [-0.15, -0.1) is 0 Å². The van der Waals surface area contributed by atoms with Crippen molar-refractivity contribution in [1.29, 1.82) is 0 Å². The predicted molar refractivity (Wildman–Crippen MR) is 84.6 cm³/mol. The van der Waals surface area contributed by atoms with Crippen LogP contribution in [-0.4, -0.2) is 14.5 Å². The lowest BCUT2D eigenvalue weighted by Gasteiger charge is -2.08. The van der Waals surface area contributed by atoms with Crippen molar-refractivity contribution in [2.24, 2.45) is 0 Å². The summed E-state index contributed by atoms with van der Waals surface area (Å²) < 4.78 is 1.96. The summed E-state index contributed by atoms with van der Waals surface area (Å²) in [4.78, 5) is 8.68. The van der Waals surface area contributed by atoms with Crippen molar-refractivity contribution in [3.63, 3.8) is 0 Å². The van der Waals surface area contributed by atoms with Crippen LogP contribution in [0.5, 0.6) is 0 Å². The van der Waals surface area contributed by atoms with Gasteiger partial charge in [-0.2, -0.15) is 0 Å². The van der Waals surface area contributed by atoms with Gasteiger partial charge >= 0.3 is 0 Å². The lowest BCUT2D eigenvalue weighted by Crippen LogP contribution is -2.02. The van der Waals surface area contributed by atoms with Crippen LogP contribution in [0.1, 0.15) is 17.0 Å². The normalized spacial score (nSPS) is 10.6. The molecule has 0 aliphatic heterocycles. The van der Waals surface area contributed by atoms with Gasteiger partial charge in [0.1, 0.15) is 11.6 Å². The largest absolute Gasteiger partial charge is 0.380 e. The van der Waals surface area contributed by atoms with E-state index < -0.39 is 0 Å². The Bertz CT molecular complexity index is 729. The van der Waals surface area contributed by atoms with Crippen LogP contribution in [0, 0.1) is 13.8 Å². The Balaban J connectivity index is 1.69. The van der Waals surface area contributed by atoms with Gasteiger partial charge in [0.2, 0.25) is 0 Å². The van der Waals surface area contributed by atoms with E-state index in [-0.39, 0.29) is 0 Å². The zero-order chi connectivity index (χ0) is 14.7. The summed E-state index contributed by atoms with van der Waals surface area (Å²) in [6, 6.07) is 12.5. The van der Waals surface area contributed by atoms with Crippen LogP contribution in [0.3, 0.4) is 0 Å². The number of imidazole rings is 1. The second kappa shape index (κ2) is 5.79. The summed E-state index contributed by atoms with van der Waals surface area (Å²) in [5.41, 5.74) is 3.56. The van der Waals surface area contributed by atoms with Gasteiger partial charge in [-0.3, -0.25) is 4.57 Å². The number of benzene rings is 1. The Labute approximate surface area is 124 Å². The quantitative estimate of drug-likeness (QED) is 0.794.